The van der Waals surface area contributed by atoms with E-state index in [0.717, 1.165) is 0 Å². The summed E-state index contributed by atoms with van der Waals surface area (Å²) in [5, 5.41) is 2.63. The molecule has 1 aliphatic carbocycles. The van der Waals surface area contributed by atoms with E-state index in [1.165, 1.54) is 12.1 Å². The van der Waals surface area contributed by atoms with E-state index < -0.39 is 32.7 Å². The maximum atomic E-state index is 13.1. The van der Waals surface area contributed by atoms with Crippen molar-refractivity contribution < 1.29 is 18.0 Å². The van der Waals surface area contributed by atoms with Crippen molar-refractivity contribution in [1.29, 1.82) is 0 Å². The fourth-order valence-corrected chi connectivity index (χ4v) is 5.10. The molecule has 7 heteroatoms. The fraction of sp³-hybridized carbons (Fsp3) is 0.304. The first-order valence-corrected chi connectivity index (χ1v) is 11.2. The first kappa shape index (κ1) is 21.8. The number of allylic oxidation sites excluding steroid dienone is 1. The van der Waals surface area contributed by atoms with Crippen molar-refractivity contribution in [3.05, 3.63) is 72.8 Å². The van der Waals surface area contributed by atoms with E-state index in [0.29, 0.717) is 12.0 Å². The van der Waals surface area contributed by atoms with Gasteiger partial charge in [-0.15, -0.1) is 6.58 Å². The Hall–Kier alpha value is -2.93. The molecular weight excluding hydrogens is 400 g/mol. The molecule has 1 fully saturated rings. The molecule has 1 saturated carbocycles. The van der Waals surface area contributed by atoms with Crippen LogP contribution in [0.4, 0.5) is 5.69 Å². The number of benzene rings is 2. The molecule has 2 aromatic rings. The summed E-state index contributed by atoms with van der Waals surface area (Å²) < 4.78 is 28.4. The maximum absolute atomic E-state index is 13.1. The lowest BCUT2D eigenvalue weighted by Crippen LogP contribution is -2.43. The van der Waals surface area contributed by atoms with Crippen molar-refractivity contribution in [3.63, 3.8) is 0 Å². The monoisotopic (exact) mass is 426 g/mol. The number of para-hydroxylation sites is 1. The third-order valence-electron chi connectivity index (χ3n) is 5.73. The molecule has 0 aliphatic heterocycles. The number of nitrogens with one attached hydrogen (secondary N) is 2. The van der Waals surface area contributed by atoms with Gasteiger partial charge in [0, 0.05) is 5.56 Å². The zero-order chi connectivity index (χ0) is 22.2. The van der Waals surface area contributed by atoms with Crippen molar-refractivity contribution >= 4 is 27.5 Å². The Kier molecular flexibility index (Phi) is 5.60. The molecule has 2 amide bonds. The molecule has 0 unspecified atom stereocenters. The van der Waals surface area contributed by atoms with Crippen LogP contribution in [0.15, 0.2) is 72.1 Å². The minimum Gasteiger partial charge on any atom is -0.321 e. The lowest BCUT2D eigenvalue weighted by molar-refractivity contribution is -0.128. The first-order valence-electron chi connectivity index (χ1n) is 9.68. The second-order valence-corrected chi connectivity index (χ2v) is 10.2. The molecule has 30 heavy (non-hydrogen) atoms. The fourth-order valence-electron chi connectivity index (χ4n) is 3.89. The molecule has 2 aromatic carbocycles. The summed E-state index contributed by atoms with van der Waals surface area (Å²) >= 11 is 0. The van der Waals surface area contributed by atoms with Gasteiger partial charge < -0.3 is 5.32 Å². The van der Waals surface area contributed by atoms with E-state index in [1.807, 2.05) is 20.8 Å². The van der Waals surface area contributed by atoms with Crippen molar-refractivity contribution in [3.8, 4) is 0 Å². The van der Waals surface area contributed by atoms with Gasteiger partial charge in [0.2, 0.25) is 5.91 Å². The number of amides is 2. The second kappa shape index (κ2) is 7.72. The number of hydrogen-bond acceptors (Lipinski definition) is 4. The molecule has 2 atom stereocenters. The van der Waals surface area contributed by atoms with Crippen LogP contribution < -0.4 is 10.0 Å². The van der Waals surface area contributed by atoms with Crippen LogP contribution in [0.3, 0.4) is 0 Å². The van der Waals surface area contributed by atoms with Gasteiger partial charge in [0.25, 0.3) is 15.9 Å². The summed E-state index contributed by atoms with van der Waals surface area (Å²) in [6, 6.07) is 14.5. The van der Waals surface area contributed by atoms with Crippen molar-refractivity contribution in [1.82, 2.24) is 4.72 Å². The normalized spacial score (nSPS) is 20.8. The molecule has 0 aromatic heterocycles. The third-order valence-corrected chi connectivity index (χ3v) is 7.12. The molecule has 1 aliphatic rings. The van der Waals surface area contributed by atoms with E-state index >= 15 is 0 Å². The molecular formula is C23H26N2O4S. The van der Waals surface area contributed by atoms with Crippen molar-refractivity contribution in [2.24, 2.45) is 16.7 Å². The lowest BCUT2D eigenvalue weighted by atomic mass is 9.75. The first-order chi connectivity index (χ1) is 14.0. The average Bonchev–Trinajstić information content (AvgIpc) is 3.45. The van der Waals surface area contributed by atoms with Gasteiger partial charge in [-0.05, 0) is 42.0 Å². The Morgan fingerprint density at radius 1 is 1.07 bits per heavy atom. The van der Waals surface area contributed by atoms with Gasteiger partial charge in [0.1, 0.15) is 4.90 Å². The number of anilines is 1. The SMILES string of the molecule is C=C[C@@H]1C[C@@]1(C(=O)NS(=O)(=O)c1ccccc1NC(=O)c1ccccc1)C(C)(C)C. The summed E-state index contributed by atoms with van der Waals surface area (Å²) in [7, 11) is -4.20. The Balaban J connectivity index is 1.88. The quantitative estimate of drug-likeness (QED) is 0.684. The van der Waals surface area contributed by atoms with Gasteiger partial charge in [-0.1, -0.05) is 57.2 Å². The second-order valence-electron chi connectivity index (χ2n) is 8.52. The van der Waals surface area contributed by atoms with Crippen LogP contribution in [0.2, 0.25) is 0 Å². The third kappa shape index (κ3) is 3.89. The molecule has 3 rings (SSSR count). The molecule has 158 valence electrons. The number of carbonyl (C=O) groups excluding carboxylic acids is 2. The predicted molar refractivity (Wildman–Crippen MR) is 116 cm³/mol. The largest absolute Gasteiger partial charge is 0.321 e. The van der Waals surface area contributed by atoms with Gasteiger partial charge >= 0.3 is 0 Å². The summed E-state index contributed by atoms with van der Waals surface area (Å²) in [6.07, 6.45) is 2.25. The van der Waals surface area contributed by atoms with Crippen molar-refractivity contribution in [2.45, 2.75) is 32.1 Å². The Morgan fingerprint density at radius 2 is 1.67 bits per heavy atom. The molecule has 6 nitrogen and oxygen atoms in total. The van der Waals surface area contributed by atoms with Crippen molar-refractivity contribution in [2.75, 3.05) is 5.32 Å². The highest BCUT2D eigenvalue weighted by Gasteiger charge is 2.65. The average molecular weight is 427 g/mol. The molecule has 0 heterocycles. The number of sulfonamides is 1. The van der Waals surface area contributed by atoms with Crippen LogP contribution in [0.25, 0.3) is 0 Å². The van der Waals surface area contributed by atoms with E-state index in [1.54, 1.807) is 48.5 Å². The van der Waals surface area contributed by atoms with E-state index in [4.69, 9.17) is 0 Å². The van der Waals surface area contributed by atoms with Gasteiger partial charge in [-0.25, -0.2) is 13.1 Å². The standard InChI is InChI=1S/C23H26N2O4S/c1-5-17-15-23(17,22(2,3)4)21(27)25-30(28,29)19-14-10-9-13-18(19)24-20(26)16-11-7-6-8-12-16/h5-14,17H,1,15H2,2-4H3,(H,24,26)(H,25,27)/t17-,23-/m1/s1. The number of carbonyl (C=O) groups is 2. The molecule has 0 bridgehead atoms. The Morgan fingerprint density at radius 3 is 2.23 bits per heavy atom. The van der Waals surface area contributed by atoms with Gasteiger partial charge in [0.15, 0.2) is 0 Å². The van der Waals surface area contributed by atoms with Crippen LogP contribution in [-0.2, 0) is 14.8 Å². The number of hydrogen-bond donors (Lipinski definition) is 2. The van der Waals surface area contributed by atoms with Gasteiger partial charge in [-0.2, -0.15) is 0 Å². The van der Waals surface area contributed by atoms with Crippen LogP contribution in [-0.4, -0.2) is 20.2 Å². The highest BCUT2D eigenvalue weighted by atomic mass is 32.2. The maximum Gasteiger partial charge on any atom is 0.266 e. The molecule has 0 spiro atoms. The summed E-state index contributed by atoms with van der Waals surface area (Å²) in [5.41, 5.74) is -0.768. The summed E-state index contributed by atoms with van der Waals surface area (Å²) in [5.74, 6) is -1.07. The highest BCUT2D eigenvalue weighted by Crippen LogP contribution is 2.64. The molecule has 2 N–H and O–H groups in total. The van der Waals surface area contributed by atoms with Gasteiger partial charge in [-0.3, -0.25) is 9.59 Å². The van der Waals surface area contributed by atoms with Gasteiger partial charge in [0.05, 0.1) is 11.1 Å². The molecule has 0 radical (unpaired) electrons. The predicted octanol–water partition coefficient (Wildman–Crippen LogP) is 3.98. The number of rotatable bonds is 6. The van der Waals surface area contributed by atoms with Crippen LogP contribution in [0.1, 0.15) is 37.6 Å². The van der Waals surface area contributed by atoms with E-state index in [-0.39, 0.29) is 16.5 Å². The van der Waals surface area contributed by atoms with Crippen LogP contribution in [0, 0.1) is 16.7 Å². The van der Waals surface area contributed by atoms with E-state index in [2.05, 4.69) is 16.6 Å². The molecule has 0 saturated heterocycles. The zero-order valence-electron chi connectivity index (χ0n) is 17.3. The minimum absolute atomic E-state index is 0.0827. The summed E-state index contributed by atoms with van der Waals surface area (Å²) in [6.45, 7) is 9.51. The zero-order valence-corrected chi connectivity index (χ0v) is 18.1. The smallest absolute Gasteiger partial charge is 0.266 e. The summed E-state index contributed by atoms with van der Waals surface area (Å²) in [4.78, 5) is 25.4. The van der Waals surface area contributed by atoms with E-state index in [9.17, 15) is 18.0 Å². The Labute approximate surface area is 177 Å². The topological polar surface area (TPSA) is 92.3 Å². The highest BCUT2D eigenvalue weighted by molar-refractivity contribution is 7.90. The van der Waals surface area contributed by atoms with Crippen LogP contribution in [0.5, 0.6) is 0 Å². The lowest BCUT2D eigenvalue weighted by Gasteiger charge is -2.30. The minimum atomic E-state index is -4.20. The Bertz CT molecular complexity index is 1090. The van der Waals surface area contributed by atoms with Crippen LogP contribution >= 0.6 is 0 Å².